The number of rotatable bonds is 1. The first-order valence-corrected chi connectivity index (χ1v) is 3.63. The Morgan fingerprint density at radius 3 is 1.50 bits per heavy atom. The smallest absolute Gasteiger partial charge is 0.0143 e. The van der Waals surface area contributed by atoms with Gasteiger partial charge < -0.3 is 0 Å². The molecule has 0 aliphatic rings. The maximum atomic E-state index is 4.92. The molecule has 0 bridgehead atoms. The summed E-state index contributed by atoms with van der Waals surface area (Å²) in [6.45, 7) is 11.7. The van der Waals surface area contributed by atoms with E-state index in [9.17, 15) is 0 Å². The molecule has 0 amide bonds. The lowest BCUT2D eigenvalue weighted by molar-refractivity contribution is 0.835. The summed E-state index contributed by atoms with van der Waals surface area (Å²) in [5, 5.41) is 0. The molecule has 0 N–H and O–H groups in total. The topological polar surface area (TPSA) is 0 Å². The van der Waals surface area contributed by atoms with E-state index in [1.807, 2.05) is 19.9 Å². The molecule has 0 saturated heterocycles. The van der Waals surface area contributed by atoms with Crippen LogP contribution in [0.5, 0.6) is 0 Å². The first kappa shape index (κ1) is 12.0. The second-order valence-corrected chi connectivity index (χ2v) is 2.80. The zero-order valence-corrected chi connectivity index (χ0v) is 7.52. The van der Waals surface area contributed by atoms with Crippen molar-refractivity contribution in [3.8, 4) is 12.3 Å². The van der Waals surface area contributed by atoms with Gasteiger partial charge in [0.25, 0.3) is 0 Å². The highest BCUT2D eigenvalue weighted by atomic mass is 13.8. The largest absolute Gasteiger partial charge is 0.120 e. The first-order chi connectivity index (χ1) is 4.54. The molecule has 0 aromatic rings. The summed E-state index contributed by atoms with van der Waals surface area (Å²) in [5.74, 6) is 3.59. The fourth-order valence-electron chi connectivity index (χ4n) is 0. The summed E-state index contributed by atoms with van der Waals surface area (Å²) in [6, 6.07) is 0. The maximum Gasteiger partial charge on any atom is 0.0143 e. The molecule has 0 saturated carbocycles. The Kier molecular flexibility index (Phi) is 9.98. The number of allylic oxidation sites excluding steroid dienone is 1. The summed E-state index contributed by atoms with van der Waals surface area (Å²) < 4.78 is 0. The Morgan fingerprint density at radius 1 is 1.30 bits per heavy atom. The summed E-state index contributed by atoms with van der Waals surface area (Å²) in [6.07, 6.45) is 6.84. The molecule has 0 aromatic carbocycles. The fraction of sp³-hybridized carbons (Fsp3) is 0.600. The predicted molar refractivity (Wildman–Crippen MR) is 48.7 cm³/mol. The number of hydrogen-bond acceptors (Lipinski definition) is 0. The lowest BCUT2D eigenvalue weighted by Crippen LogP contribution is -1.72. The van der Waals surface area contributed by atoms with Gasteiger partial charge in [-0.1, -0.05) is 33.8 Å². The van der Waals surface area contributed by atoms with Crippen LogP contribution in [-0.4, -0.2) is 0 Å². The van der Waals surface area contributed by atoms with Gasteiger partial charge in [0.05, 0.1) is 0 Å². The van der Waals surface area contributed by atoms with Gasteiger partial charge in [-0.25, -0.2) is 0 Å². The molecule has 0 aliphatic carbocycles. The van der Waals surface area contributed by atoms with Gasteiger partial charge in [-0.3, -0.25) is 0 Å². The minimum atomic E-state index is 0.412. The Bertz CT molecular complexity index is 102. The third-order valence-electron chi connectivity index (χ3n) is 0.805. The minimum absolute atomic E-state index is 0.412. The van der Waals surface area contributed by atoms with Crippen LogP contribution in [0.3, 0.4) is 0 Å². The van der Waals surface area contributed by atoms with Crippen LogP contribution in [0.4, 0.5) is 0 Å². The average molecular weight is 138 g/mol. The first-order valence-electron chi connectivity index (χ1n) is 3.63. The van der Waals surface area contributed by atoms with Crippen molar-refractivity contribution in [1.29, 1.82) is 0 Å². The lowest BCUT2D eigenvalue weighted by atomic mass is 10.2. The van der Waals surface area contributed by atoms with E-state index >= 15 is 0 Å². The van der Waals surface area contributed by atoms with Crippen LogP contribution in [-0.2, 0) is 0 Å². The van der Waals surface area contributed by atoms with Gasteiger partial charge in [-0.15, -0.1) is 18.9 Å². The van der Waals surface area contributed by atoms with Crippen molar-refractivity contribution in [3.05, 3.63) is 12.7 Å². The van der Waals surface area contributed by atoms with Crippen LogP contribution >= 0.6 is 0 Å². The van der Waals surface area contributed by atoms with Crippen molar-refractivity contribution in [2.75, 3.05) is 0 Å². The van der Waals surface area contributed by atoms with E-state index < -0.39 is 0 Å². The molecule has 58 valence electrons. The van der Waals surface area contributed by atoms with Gasteiger partial charge >= 0.3 is 0 Å². The van der Waals surface area contributed by atoms with Crippen LogP contribution in [0.1, 0.15) is 27.7 Å². The third kappa shape index (κ3) is 26.6. The van der Waals surface area contributed by atoms with Crippen LogP contribution in [0.25, 0.3) is 0 Å². The molecular weight excluding hydrogens is 120 g/mol. The lowest BCUT2D eigenvalue weighted by Gasteiger charge is -1.84. The molecular formula is C10H18. The van der Waals surface area contributed by atoms with Gasteiger partial charge in [0.15, 0.2) is 0 Å². The van der Waals surface area contributed by atoms with Crippen molar-refractivity contribution in [2.24, 2.45) is 11.8 Å². The second kappa shape index (κ2) is 8.30. The van der Waals surface area contributed by atoms with Crippen LogP contribution in [0.2, 0.25) is 0 Å². The predicted octanol–water partition coefficient (Wildman–Crippen LogP) is 3.10. The molecule has 0 fully saturated rings. The van der Waals surface area contributed by atoms with Crippen LogP contribution < -0.4 is 0 Å². The molecule has 0 nitrogen and oxygen atoms in total. The summed E-state index contributed by atoms with van der Waals surface area (Å²) in [5.41, 5.74) is 0. The number of terminal acetylenes is 1. The molecule has 0 aliphatic heterocycles. The van der Waals surface area contributed by atoms with Gasteiger partial charge in [-0.05, 0) is 5.92 Å². The Morgan fingerprint density at radius 2 is 1.50 bits per heavy atom. The summed E-state index contributed by atoms with van der Waals surface area (Å²) in [7, 11) is 0. The van der Waals surface area contributed by atoms with Gasteiger partial charge in [0, 0.05) is 5.92 Å². The minimum Gasteiger partial charge on any atom is -0.120 e. The average Bonchev–Trinajstić information content (AvgIpc) is 1.89. The van der Waals surface area contributed by atoms with Crippen LogP contribution in [0.15, 0.2) is 12.7 Å². The second-order valence-electron chi connectivity index (χ2n) is 2.80. The normalized spacial score (nSPS) is 8.10. The van der Waals surface area contributed by atoms with Crippen LogP contribution in [0, 0.1) is 24.2 Å². The fourth-order valence-corrected chi connectivity index (χ4v) is 0. The molecule has 0 aromatic heterocycles. The summed E-state index contributed by atoms with van der Waals surface area (Å²) >= 11 is 0. The molecule has 0 radical (unpaired) electrons. The maximum absolute atomic E-state index is 4.92. The molecule has 0 heteroatoms. The summed E-state index contributed by atoms with van der Waals surface area (Å²) in [4.78, 5) is 0. The van der Waals surface area contributed by atoms with Crippen molar-refractivity contribution >= 4 is 0 Å². The van der Waals surface area contributed by atoms with Crippen molar-refractivity contribution in [3.63, 3.8) is 0 Å². The van der Waals surface area contributed by atoms with E-state index in [0.29, 0.717) is 11.8 Å². The molecule has 0 heterocycles. The van der Waals surface area contributed by atoms with E-state index in [2.05, 4.69) is 26.3 Å². The molecule has 10 heavy (non-hydrogen) atoms. The Hall–Kier alpha value is -0.700. The highest BCUT2D eigenvalue weighted by Gasteiger charge is 1.74. The Balaban J connectivity index is 0. The zero-order chi connectivity index (χ0) is 8.57. The van der Waals surface area contributed by atoms with Crippen molar-refractivity contribution in [2.45, 2.75) is 27.7 Å². The molecule has 0 spiro atoms. The van der Waals surface area contributed by atoms with Crippen molar-refractivity contribution in [1.82, 2.24) is 0 Å². The quantitative estimate of drug-likeness (QED) is 0.386. The highest BCUT2D eigenvalue weighted by Crippen LogP contribution is 1.87. The van der Waals surface area contributed by atoms with Crippen molar-refractivity contribution < 1.29 is 0 Å². The van der Waals surface area contributed by atoms with Gasteiger partial charge in [-0.2, -0.15) is 0 Å². The van der Waals surface area contributed by atoms with E-state index in [0.717, 1.165) is 0 Å². The van der Waals surface area contributed by atoms with E-state index in [-0.39, 0.29) is 0 Å². The highest BCUT2D eigenvalue weighted by molar-refractivity contribution is 4.86. The molecule has 0 rings (SSSR count). The standard InChI is InChI=1S/C5H10.C5H8/c2*1-4-5(2)3/h4-5H,1H2,2-3H3;1,5H,2-3H3. The van der Waals surface area contributed by atoms with E-state index in [1.165, 1.54) is 0 Å². The Labute approximate surface area is 65.3 Å². The van der Waals surface area contributed by atoms with E-state index in [4.69, 9.17) is 6.42 Å². The van der Waals surface area contributed by atoms with Gasteiger partial charge in [0.2, 0.25) is 0 Å². The molecule has 0 unspecified atom stereocenters. The number of hydrogen-bond donors (Lipinski definition) is 0. The third-order valence-corrected chi connectivity index (χ3v) is 0.805. The monoisotopic (exact) mass is 138 g/mol. The van der Waals surface area contributed by atoms with E-state index in [1.54, 1.807) is 0 Å². The zero-order valence-electron chi connectivity index (χ0n) is 7.52. The van der Waals surface area contributed by atoms with Gasteiger partial charge in [0.1, 0.15) is 0 Å². The molecule has 0 atom stereocenters. The SMILES string of the molecule is C#CC(C)C.C=CC(C)C.